The van der Waals surface area contributed by atoms with Gasteiger partial charge in [-0.25, -0.2) is 0 Å². The summed E-state index contributed by atoms with van der Waals surface area (Å²) in [5, 5.41) is 2.61. The van der Waals surface area contributed by atoms with E-state index in [-0.39, 0.29) is 11.0 Å². The highest BCUT2D eigenvalue weighted by molar-refractivity contribution is 6.09. The molecule has 0 unspecified atom stereocenters. The highest BCUT2D eigenvalue weighted by Crippen LogP contribution is 2.57. The van der Waals surface area contributed by atoms with Crippen molar-refractivity contribution in [2.24, 2.45) is 5.41 Å². The first-order valence-electron chi connectivity index (χ1n) is 14.9. The molecular weight excluding hydrogens is 484 g/mol. The number of benzene rings is 4. The van der Waals surface area contributed by atoms with Crippen molar-refractivity contribution in [1.82, 2.24) is 4.57 Å². The molecule has 1 radical (unpaired) electrons. The maximum atomic E-state index is 2.73. The normalized spacial score (nSPS) is 17.1. The van der Waals surface area contributed by atoms with Crippen LogP contribution in [0, 0.1) is 11.5 Å². The molecule has 2 heterocycles. The number of nitrogens with zero attached hydrogens (tertiary/aromatic N) is 2. The SMILES string of the molecule is CC(C)c1cccc(C(C)C)c1N1[C](c2ccc3c(c2)c2ccccc2n3-c2ccccc2)C(C)(C)CC1(C)C. The van der Waals surface area contributed by atoms with Gasteiger partial charge in [0.2, 0.25) is 0 Å². The van der Waals surface area contributed by atoms with E-state index in [1.54, 1.807) is 0 Å². The Bertz CT molecular complexity index is 1660. The summed E-state index contributed by atoms with van der Waals surface area (Å²) in [5.41, 5.74) is 9.34. The largest absolute Gasteiger partial charge is 0.353 e. The van der Waals surface area contributed by atoms with Crippen molar-refractivity contribution >= 4 is 27.5 Å². The summed E-state index contributed by atoms with van der Waals surface area (Å²) < 4.78 is 2.41. The van der Waals surface area contributed by atoms with Crippen molar-refractivity contribution in [2.45, 2.75) is 79.2 Å². The smallest absolute Gasteiger partial charge is 0.0989 e. The minimum Gasteiger partial charge on any atom is -0.353 e. The molecule has 1 aromatic heterocycles. The molecule has 2 nitrogen and oxygen atoms in total. The van der Waals surface area contributed by atoms with Crippen LogP contribution in [0.25, 0.3) is 27.5 Å². The van der Waals surface area contributed by atoms with Gasteiger partial charge in [-0.3, -0.25) is 0 Å². The number of fused-ring (bicyclic) bond motifs is 3. The number of hydrogen-bond donors (Lipinski definition) is 0. The lowest BCUT2D eigenvalue weighted by atomic mass is 9.78. The van der Waals surface area contributed by atoms with Gasteiger partial charge < -0.3 is 9.47 Å². The summed E-state index contributed by atoms with van der Waals surface area (Å²) in [5.74, 6) is 0.890. The third-order valence-electron chi connectivity index (χ3n) is 8.87. The molecule has 5 aromatic rings. The van der Waals surface area contributed by atoms with Crippen molar-refractivity contribution in [1.29, 1.82) is 0 Å². The summed E-state index contributed by atoms with van der Waals surface area (Å²) in [6.07, 6.45) is 1.10. The highest BCUT2D eigenvalue weighted by Gasteiger charge is 2.53. The van der Waals surface area contributed by atoms with E-state index in [0.717, 1.165) is 6.42 Å². The summed E-state index contributed by atoms with van der Waals surface area (Å²) in [7, 11) is 0. The molecule has 0 saturated carbocycles. The monoisotopic (exact) mass is 527 g/mol. The molecule has 0 amide bonds. The topological polar surface area (TPSA) is 8.17 Å². The van der Waals surface area contributed by atoms with Crippen molar-refractivity contribution in [2.75, 3.05) is 4.90 Å². The number of anilines is 1. The Kier molecular flexibility index (Phi) is 6.37. The third-order valence-corrected chi connectivity index (χ3v) is 8.87. The predicted molar refractivity (Wildman–Crippen MR) is 173 cm³/mol. The Balaban J connectivity index is 1.62. The van der Waals surface area contributed by atoms with Crippen molar-refractivity contribution in [3.8, 4) is 5.69 Å². The molecule has 1 saturated heterocycles. The summed E-state index contributed by atoms with van der Waals surface area (Å²) >= 11 is 0. The van der Waals surface area contributed by atoms with Crippen LogP contribution in [0.3, 0.4) is 0 Å². The zero-order valence-corrected chi connectivity index (χ0v) is 25.4. The van der Waals surface area contributed by atoms with Gasteiger partial charge in [0.1, 0.15) is 0 Å². The average molecular weight is 528 g/mol. The van der Waals surface area contributed by atoms with Crippen molar-refractivity contribution < 1.29 is 0 Å². The lowest BCUT2D eigenvalue weighted by Crippen LogP contribution is -2.42. The standard InChI is InChI=1S/C38H43N2/c1-25(2)29-18-14-19-30(26(3)4)35(29)40-36(37(5,6)24-38(40,7)8)27-21-22-34-32(23-27)31-17-12-13-20-33(31)39(34)28-15-10-9-11-16-28/h9-23,25-26H,24H2,1-8H3. The fourth-order valence-electron chi connectivity index (χ4n) is 7.53. The first-order valence-corrected chi connectivity index (χ1v) is 14.9. The van der Waals surface area contributed by atoms with E-state index in [9.17, 15) is 0 Å². The first kappa shape index (κ1) is 26.7. The zero-order chi connectivity index (χ0) is 28.4. The second kappa shape index (κ2) is 9.54. The van der Waals surface area contributed by atoms with Crippen LogP contribution in [0.5, 0.6) is 0 Å². The molecule has 0 aliphatic carbocycles. The molecule has 0 spiro atoms. The quantitative estimate of drug-likeness (QED) is 0.221. The number of hydrogen-bond acceptors (Lipinski definition) is 1. The minimum atomic E-state index is -0.0134. The molecule has 1 aliphatic heterocycles. The Hall–Kier alpha value is -3.52. The van der Waals surface area contributed by atoms with Crippen LogP contribution in [-0.4, -0.2) is 10.1 Å². The van der Waals surface area contributed by atoms with Gasteiger partial charge in [0.15, 0.2) is 0 Å². The predicted octanol–water partition coefficient (Wildman–Crippen LogP) is 10.6. The average Bonchev–Trinajstić information content (AvgIpc) is 3.34. The highest BCUT2D eigenvalue weighted by atomic mass is 15.3. The van der Waals surface area contributed by atoms with E-state index >= 15 is 0 Å². The van der Waals surface area contributed by atoms with Gasteiger partial charge in [0.25, 0.3) is 0 Å². The van der Waals surface area contributed by atoms with Gasteiger partial charge in [0.05, 0.1) is 17.1 Å². The fraction of sp³-hybridized carbons (Fsp3) is 0.342. The van der Waals surface area contributed by atoms with Crippen LogP contribution in [-0.2, 0) is 0 Å². The molecule has 40 heavy (non-hydrogen) atoms. The Labute approximate surface area is 240 Å². The number of rotatable bonds is 5. The molecule has 2 heteroatoms. The van der Waals surface area contributed by atoms with E-state index in [1.165, 1.54) is 55.9 Å². The molecule has 1 fully saturated rings. The van der Waals surface area contributed by atoms with E-state index in [2.05, 4.69) is 156 Å². The van der Waals surface area contributed by atoms with Crippen LogP contribution in [0.15, 0.2) is 91.0 Å². The molecular formula is C38H43N2. The first-order chi connectivity index (χ1) is 19.0. The maximum Gasteiger partial charge on any atom is 0.0989 e. The molecule has 0 atom stereocenters. The molecule has 0 bridgehead atoms. The van der Waals surface area contributed by atoms with Crippen molar-refractivity contribution in [3.05, 3.63) is 114 Å². The van der Waals surface area contributed by atoms with E-state index in [0.29, 0.717) is 11.8 Å². The third kappa shape index (κ3) is 4.15. The molecule has 205 valence electrons. The molecule has 4 aromatic carbocycles. The van der Waals surface area contributed by atoms with Gasteiger partial charge >= 0.3 is 0 Å². The minimum absolute atomic E-state index is 0.0134. The molecule has 6 rings (SSSR count). The number of aromatic nitrogens is 1. The molecule has 1 aliphatic rings. The lowest BCUT2D eigenvalue weighted by molar-refractivity contribution is 0.376. The van der Waals surface area contributed by atoms with Crippen LogP contribution >= 0.6 is 0 Å². The van der Waals surface area contributed by atoms with Gasteiger partial charge in [-0.15, -0.1) is 0 Å². The number of para-hydroxylation sites is 3. The maximum absolute atomic E-state index is 2.73. The molecule has 0 N–H and O–H groups in total. The fourth-order valence-corrected chi connectivity index (χ4v) is 7.53. The van der Waals surface area contributed by atoms with Gasteiger partial charge in [-0.2, -0.15) is 0 Å². The second-order valence-electron chi connectivity index (χ2n) is 13.6. The Morgan fingerprint density at radius 2 is 1.23 bits per heavy atom. The zero-order valence-electron chi connectivity index (χ0n) is 25.4. The summed E-state index contributed by atoms with van der Waals surface area (Å²) in [4.78, 5) is 2.73. The van der Waals surface area contributed by atoms with E-state index in [1.807, 2.05) is 0 Å². The van der Waals surface area contributed by atoms with Crippen LogP contribution in [0.4, 0.5) is 5.69 Å². The summed E-state index contributed by atoms with van der Waals surface area (Å²) in [6.45, 7) is 19.1. The van der Waals surface area contributed by atoms with Gasteiger partial charge in [-0.1, -0.05) is 102 Å². The van der Waals surface area contributed by atoms with Gasteiger partial charge in [-0.05, 0) is 84.5 Å². The Morgan fingerprint density at radius 1 is 0.625 bits per heavy atom. The van der Waals surface area contributed by atoms with E-state index in [4.69, 9.17) is 0 Å². The second-order valence-corrected chi connectivity index (χ2v) is 13.6. The summed E-state index contributed by atoms with van der Waals surface area (Å²) in [6, 6.07) is 35.2. The lowest BCUT2D eigenvalue weighted by Gasteiger charge is -2.42. The van der Waals surface area contributed by atoms with Gasteiger partial charge in [0, 0.05) is 27.7 Å². The van der Waals surface area contributed by atoms with Crippen LogP contribution in [0.2, 0.25) is 0 Å². The Morgan fingerprint density at radius 3 is 1.88 bits per heavy atom. The van der Waals surface area contributed by atoms with E-state index < -0.39 is 0 Å². The van der Waals surface area contributed by atoms with Crippen molar-refractivity contribution in [3.63, 3.8) is 0 Å². The van der Waals surface area contributed by atoms with Crippen LogP contribution < -0.4 is 4.90 Å². The van der Waals surface area contributed by atoms with Crippen LogP contribution in [0.1, 0.15) is 90.3 Å².